The number of ketones is 1. The van der Waals surface area contributed by atoms with Gasteiger partial charge in [-0.05, 0) is 17.6 Å². The second-order valence-corrected chi connectivity index (χ2v) is 6.39. The van der Waals surface area contributed by atoms with E-state index < -0.39 is 0 Å². The lowest BCUT2D eigenvalue weighted by Crippen LogP contribution is -2.37. The molecule has 1 saturated heterocycles. The molecule has 0 unspecified atom stereocenters. The fourth-order valence-corrected chi connectivity index (χ4v) is 3.35. The molecule has 1 atom stereocenters. The van der Waals surface area contributed by atoms with E-state index in [-0.39, 0.29) is 30.6 Å². The van der Waals surface area contributed by atoms with Crippen LogP contribution in [0, 0.1) is 5.92 Å². The first-order valence-electron chi connectivity index (χ1n) is 8.46. The summed E-state index contributed by atoms with van der Waals surface area (Å²) in [5, 5.41) is 9.35. The molecule has 24 heavy (non-hydrogen) atoms. The number of benzene rings is 1. The monoisotopic (exact) mass is 329 g/mol. The molecular formula is C19H23NO4. The molecule has 1 fully saturated rings. The van der Waals surface area contributed by atoms with Gasteiger partial charge in [-0.2, -0.15) is 0 Å². The van der Waals surface area contributed by atoms with Crippen LogP contribution in [0.2, 0.25) is 0 Å². The van der Waals surface area contributed by atoms with Gasteiger partial charge in [0, 0.05) is 37.6 Å². The van der Waals surface area contributed by atoms with Gasteiger partial charge < -0.3 is 14.7 Å². The van der Waals surface area contributed by atoms with Crippen LogP contribution in [0.5, 0.6) is 0 Å². The van der Waals surface area contributed by atoms with Crippen LogP contribution >= 0.6 is 0 Å². The number of amides is 1. The molecule has 0 bridgehead atoms. The Bertz CT molecular complexity index is 638. The highest BCUT2D eigenvalue weighted by Crippen LogP contribution is 2.33. The van der Waals surface area contributed by atoms with Crippen molar-refractivity contribution in [1.29, 1.82) is 0 Å². The van der Waals surface area contributed by atoms with Crippen molar-refractivity contribution >= 4 is 17.3 Å². The zero-order valence-electron chi connectivity index (χ0n) is 13.7. The van der Waals surface area contributed by atoms with Gasteiger partial charge >= 0.3 is 0 Å². The first-order chi connectivity index (χ1) is 11.7. The Balaban J connectivity index is 1.77. The van der Waals surface area contributed by atoms with Crippen molar-refractivity contribution in [3.05, 3.63) is 41.5 Å². The van der Waals surface area contributed by atoms with Gasteiger partial charge in [-0.15, -0.1) is 0 Å². The molecule has 1 aromatic carbocycles. The highest BCUT2D eigenvalue weighted by molar-refractivity contribution is 6.10. The van der Waals surface area contributed by atoms with Gasteiger partial charge in [-0.1, -0.05) is 30.3 Å². The minimum atomic E-state index is -0.0577. The topological polar surface area (TPSA) is 66.8 Å². The third-order valence-corrected chi connectivity index (χ3v) is 4.70. The van der Waals surface area contributed by atoms with Gasteiger partial charge in [0.05, 0.1) is 19.6 Å². The Morgan fingerprint density at radius 3 is 2.79 bits per heavy atom. The molecule has 1 heterocycles. The highest BCUT2D eigenvalue weighted by Gasteiger charge is 2.29. The molecular weight excluding hydrogens is 306 g/mol. The molecule has 1 aliphatic heterocycles. The van der Waals surface area contributed by atoms with Crippen LogP contribution < -0.4 is 0 Å². The van der Waals surface area contributed by atoms with Crippen LogP contribution in [0.3, 0.4) is 0 Å². The van der Waals surface area contributed by atoms with Crippen molar-refractivity contribution in [2.45, 2.75) is 19.3 Å². The molecule has 128 valence electrons. The van der Waals surface area contributed by atoms with Crippen molar-refractivity contribution in [3.63, 3.8) is 0 Å². The van der Waals surface area contributed by atoms with Crippen LogP contribution in [0.25, 0.3) is 5.57 Å². The van der Waals surface area contributed by atoms with Crippen LogP contribution in [-0.4, -0.2) is 54.6 Å². The molecule has 0 radical (unpaired) electrons. The number of rotatable bonds is 4. The largest absolute Gasteiger partial charge is 0.396 e. The van der Waals surface area contributed by atoms with E-state index >= 15 is 0 Å². The molecule has 5 nitrogen and oxygen atoms in total. The number of Topliss-reactive ketones (excluding diaryl/α,β-unsaturated/α-hetero) is 1. The SMILES string of the molecule is O=C1CCC(c2ccccc2)=C1CC(=O)N1CCOC[C@@H](CO)C1. The predicted octanol–water partition coefficient (Wildman–Crippen LogP) is 1.66. The highest BCUT2D eigenvalue weighted by atomic mass is 16.5. The van der Waals surface area contributed by atoms with Crippen LogP contribution in [0.1, 0.15) is 24.8 Å². The third-order valence-electron chi connectivity index (χ3n) is 4.70. The maximum Gasteiger partial charge on any atom is 0.227 e. The van der Waals surface area contributed by atoms with Crippen molar-refractivity contribution in [3.8, 4) is 0 Å². The molecule has 0 aromatic heterocycles. The van der Waals surface area contributed by atoms with Gasteiger partial charge in [-0.3, -0.25) is 9.59 Å². The van der Waals surface area contributed by atoms with Crippen LogP contribution in [-0.2, 0) is 14.3 Å². The second kappa shape index (κ2) is 7.73. The Kier molecular flexibility index (Phi) is 5.43. The maximum absolute atomic E-state index is 12.7. The predicted molar refractivity (Wildman–Crippen MR) is 90.2 cm³/mol. The lowest BCUT2D eigenvalue weighted by atomic mass is 9.99. The molecule has 1 aromatic rings. The lowest BCUT2D eigenvalue weighted by Gasteiger charge is -2.23. The van der Waals surface area contributed by atoms with Crippen LogP contribution in [0.15, 0.2) is 35.9 Å². The molecule has 1 N–H and O–H groups in total. The summed E-state index contributed by atoms with van der Waals surface area (Å²) in [7, 11) is 0. The number of hydrogen-bond acceptors (Lipinski definition) is 4. The summed E-state index contributed by atoms with van der Waals surface area (Å²) >= 11 is 0. The number of carbonyl (C=O) groups excluding carboxylic acids is 2. The van der Waals surface area contributed by atoms with Gasteiger partial charge in [-0.25, -0.2) is 0 Å². The van der Waals surface area contributed by atoms with Gasteiger partial charge in [0.15, 0.2) is 5.78 Å². The molecule has 5 heteroatoms. The minimum Gasteiger partial charge on any atom is -0.396 e. The van der Waals surface area contributed by atoms with E-state index in [1.807, 2.05) is 30.3 Å². The Hall–Kier alpha value is -1.98. The summed E-state index contributed by atoms with van der Waals surface area (Å²) in [6, 6.07) is 9.81. The maximum atomic E-state index is 12.7. The minimum absolute atomic E-state index is 0.000667. The summed E-state index contributed by atoms with van der Waals surface area (Å²) in [6.45, 7) is 1.94. The third kappa shape index (κ3) is 3.74. The fourth-order valence-electron chi connectivity index (χ4n) is 3.35. The Labute approximate surface area is 141 Å². The van der Waals surface area contributed by atoms with Crippen molar-refractivity contribution < 1.29 is 19.4 Å². The number of aliphatic hydroxyl groups excluding tert-OH is 1. The van der Waals surface area contributed by atoms with E-state index in [0.29, 0.717) is 44.7 Å². The second-order valence-electron chi connectivity index (χ2n) is 6.39. The van der Waals surface area contributed by atoms with E-state index in [0.717, 1.165) is 11.1 Å². The van der Waals surface area contributed by atoms with Crippen molar-refractivity contribution in [2.24, 2.45) is 5.92 Å². The number of ether oxygens (including phenoxy) is 1. The van der Waals surface area contributed by atoms with E-state index in [4.69, 9.17) is 4.74 Å². The van der Waals surface area contributed by atoms with Crippen LogP contribution in [0.4, 0.5) is 0 Å². The first-order valence-corrected chi connectivity index (χ1v) is 8.46. The zero-order valence-corrected chi connectivity index (χ0v) is 13.7. The average Bonchev–Trinajstić information content (AvgIpc) is 2.83. The normalized spacial score (nSPS) is 22.0. The first kappa shape index (κ1) is 16.9. The van der Waals surface area contributed by atoms with Crippen molar-refractivity contribution in [2.75, 3.05) is 32.9 Å². The Morgan fingerprint density at radius 2 is 2.04 bits per heavy atom. The molecule has 3 rings (SSSR count). The van der Waals surface area contributed by atoms with Gasteiger partial charge in [0.25, 0.3) is 0 Å². The number of allylic oxidation sites excluding steroid dienone is 1. The van der Waals surface area contributed by atoms with Crippen molar-refractivity contribution in [1.82, 2.24) is 4.90 Å². The fraction of sp³-hybridized carbons (Fsp3) is 0.474. The molecule has 1 amide bonds. The van der Waals surface area contributed by atoms with E-state index in [2.05, 4.69) is 0 Å². The average molecular weight is 329 g/mol. The lowest BCUT2D eigenvalue weighted by molar-refractivity contribution is -0.131. The molecule has 0 saturated carbocycles. The standard InChI is InChI=1S/C19H23NO4/c21-12-14-11-20(8-9-24-13-14)19(23)10-17-16(6-7-18(17)22)15-4-2-1-3-5-15/h1-5,14,21H,6-13H2/t14-/m1/s1. The number of carbonyl (C=O) groups is 2. The zero-order chi connectivity index (χ0) is 16.9. The van der Waals surface area contributed by atoms with Gasteiger partial charge in [0.1, 0.15) is 0 Å². The van der Waals surface area contributed by atoms with E-state index in [1.54, 1.807) is 4.90 Å². The summed E-state index contributed by atoms with van der Waals surface area (Å²) in [6.07, 6.45) is 1.32. The number of nitrogens with zero attached hydrogens (tertiary/aromatic N) is 1. The summed E-state index contributed by atoms with van der Waals surface area (Å²) in [5.41, 5.74) is 2.68. The summed E-state index contributed by atoms with van der Waals surface area (Å²) in [5.74, 6) is -0.0390. The van der Waals surface area contributed by atoms with E-state index in [1.165, 1.54) is 0 Å². The summed E-state index contributed by atoms with van der Waals surface area (Å²) in [4.78, 5) is 26.7. The van der Waals surface area contributed by atoms with E-state index in [9.17, 15) is 14.7 Å². The quantitative estimate of drug-likeness (QED) is 0.912. The summed E-state index contributed by atoms with van der Waals surface area (Å²) < 4.78 is 5.43. The van der Waals surface area contributed by atoms with Gasteiger partial charge in [0.2, 0.25) is 5.91 Å². The number of aliphatic hydroxyl groups is 1. The Morgan fingerprint density at radius 1 is 1.25 bits per heavy atom. The molecule has 2 aliphatic rings. The molecule has 1 aliphatic carbocycles. The molecule has 0 spiro atoms. The smallest absolute Gasteiger partial charge is 0.227 e. The number of hydrogen-bond donors (Lipinski definition) is 1.